The van der Waals surface area contributed by atoms with Crippen molar-refractivity contribution >= 4 is 28.8 Å². The van der Waals surface area contributed by atoms with Crippen LogP contribution in [-0.2, 0) is 12.8 Å². The minimum Gasteiger partial charge on any atom is -0.354 e. The molecule has 1 aromatic heterocycles. The highest BCUT2D eigenvalue weighted by molar-refractivity contribution is 6.05. The lowest BCUT2D eigenvalue weighted by Crippen LogP contribution is -2.13. The number of rotatable bonds is 7. The number of carbonyl (C=O) groups is 2. The molecule has 0 aliphatic rings. The summed E-state index contributed by atoms with van der Waals surface area (Å²) in [4.78, 5) is 28.5. The zero-order valence-corrected chi connectivity index (χ0v) is 17.0. The molecular formula is C24H25N3O2. The van der Waals surface area contributed by atoms with Gasteiger partial charge >= 0.3 is 0 Å². The molecule has 0 bridgehead atoms. The number of hydrogen-bond acceptors (Lipinski definition) is 4. The molecule has 29 heavy (non-hydrogen) atoms. The standard InChI is InChI=1S/C24H25N3O2/c1-4-17-8-6-9-18(5-2)23(17)26-22-13-20(14-25-15-22)24(29)27-21-11-7-10-19(12-21)16(3)28/h6-15,26H,4-5H2,1-3H3,(H,27,29). The van der Waals surface area contributed by atoms with Gasteiger partial charge in [0.1, 0.15) is 0 Å². The van der Waals surface area contributed by atoms with E-state index in [1.54, 1.807) is 36.5 Å². The van der Waals surface area contributed by atoms with Crippen LogP contribution in [0.2, 0.25) is 0 Å². The molecule has 3 rings (SSSR count). The number of ketones is 1. The van der Waals surface area contributed by atoms with Gasteiger partial charge in [-0.1, -0.05) is 44.2 Å². The molecule has 0 atom stereocenters. The molecule has 0 aliphatic heterocycles. The maximum atomic E-state index is 12.7. The van der Waals surface area contributed by atoms with Crippen LogP contribution in [0.25, 0.3) is 0 Å². The molecule has 2 aromatic carbocycles. The second-order valence-electron chi connectivity index (χ2n) is 6.84. The van der Waals surface area contributed by atoms with Gasteiger partial charge in [0.05, 0.1) is 17.4 Å². The number of benzene rings is 2. The Balaban J connectivity index is 1.82. The number of nitrogens with one attached hydrogen (secondary N) is 2. The molecule has 5 heteroatoms. The van der Waals surface area contributed by atoms with E-state index >= 15 is 0 Å². The number of amides is 1. The van der Waals surface area contributed by atoms with Gasteiger partial charge in [-0.2, -0.15) is 0 Å². The van der Waals surface area contributed by atoms with Gasteiger partial charge in [-0.05, 0) is 49.1 Å². The number of aryl methyl sites for hydroxylation is 2. The van der Waals surface area contributed by atoms with E-state index in [1.807, 2.05) is 0 Å². The first-order valence-corrected chi connectivity index (χ1v) is 9.77. The second kappa shape index (κ2) is 9.15. The SMILES string of the molecule is CCc1cccc(CC)c1Nc1cncc(C(=O)Nc2cccc(C(C)=O)c2)c1. The fraction of sp³-hybridized carbons (Fsp3) is 0.208. The summed E-state index contributed by atoms with van der Waals surface area (Å²) in [6, 6.07) is 15.0. The normalized spacial score (nSPS) is 10.4. The van der Waals surface area contributed by atoms with E-state index in [9.17, 15) is 9.59 Å². The molecular weight excluding hydrogens is 362 g/mol. The average molecular weight is 387 g/mol. The van der Waals surface area contributed by atoms with Crippen LogP contribution in [0.4, 0.5) is 17.1 Å². The molecule has 148 valence electrons. The molecule has 1 heterocycles. The first kappa shape index (κ1) is 20.3. The largest absolute Gasteiger partial charge is 0.354 e. The molecule has 0 saturated heterocycles. The Hall–Kier alpha value is -3.47. The fourth-order valence-corrected chi connectivity index (χ4v) is 3.20. The van der Waals surface area contributed by atoms with Gasteiger partial charge in [0.15, 0.2) is 5.78 Å². The maximum Gasteiger partial charge on any atom is 0.257 e. The van der Waals surface area contributed by atoms with Crippen molar-refractivity contribution in [1.82, 2.24) is 4.98 Å². The summed E-state index contributed by atoms with van der Waals surface area (Å²) in [5.74, 6) is -0.323. The number of carbonyl (C=O) groups excluding carboxylic acids is 2. The van der Waals surface area contributed by atoms with Gasteiger partial charge in [0.25, 0.3) is 5.91 Å². The Labute approximate surface area is 171 Å². The number of Topliss-reactive ketones (excluding diaryl/α,β-unsaturated/α-hetero) is 1. The lowest BCUT2D eigenvalue weighted by molar-refractivity contribution is 0.101. The molecule has 0 saturated carbocycles. The first-order chi connectivity index (χ1) is 14.0. The van der Waals surface area contributed by atoms with Gasteiger partial charge in [-0.3, -0.25) is 14.6 Å². The van der Waals surface area contributed by atoms with Crippen LogP contribution in [-0.4, -0.2) is 16.7 Å². The average Bonchev–Trinajstić information content (AvgIpc) is 2.74. The van der Waals surface area contributed by atoms with Crippen molar-refractivity contribution < 1.29 is 9.59 Å². The number of para-hydroxylation sites is 1. The van der Waals surface area contributed by atoms with Gasteiger partial charge in [-0.25, -0.2) is 0 Å². The van der Waals surface area contributed by atoms with Crippen molar-refractivity contribution in [1.29, 1.82) is 0 Å². The minimum absolute atomic E-state index is 0.0460. The molecule has 0 radical (unpaired) electrons. The van der Waals surface area contributed by atoms with Crippen LogP contribution in [0.1, 0.15) is 52.6 Å². The maximum absolute atomic E-state index is 12.7. The van der Waals surface area contributed by atoms with Crippen molar-refractivity contribution in [2.45, 2.75) is 33.6 Å². The van der Waals surface area contributed by atoms with Gasteiger partial charge < -0.3 is 10.6 Å². The van der Waals surface area contributed by atoms with E-state index in [2.05, 4.69) is 47.7 Å². The zero-order valence-electron chi connectivity index (χ0n) is 17.0. The predicted octanol–water partition coefficient (Wildman–Crippen LogP) is 5.40. The molecule has 1 amide bonds. The van der Waals surface area contributed by atoms with E-state index in [-0.39, 0.29) is 11.7 Å². The van der Waals surface area contributed by atoms with E-state index in [1.165, 1.54) is 24.2 Å². The quantitative estimate of drug-likeness (QED) is 0.532. The van der Waals surface area contributed by atoms with Crippen LogP contribution in [0, 0.1) is 0 Å². The van der Waals surface area contributed by atoms with E-state index in [0.717, 1.165) is 24.2 Å². The molecule has 2 N–H and O–H groups in total. The topological polar surface area (TPSA) is 71.1 Å². The van der Waals surface area contributed by atoms with Gasteiger partial charge in [0.2, 0.25) is 0 Å². The molecule has 0 spiro atoms. The number of nitrogens with zero attached hydrogens (tertiary/aromatic N) is 1. The zero-order chi connectivity index (χ0) is 20.8. The minimum atomic E-state index is -0.277. The number of aromatic nitrogens is 1. The van der Waals surface area contributed by atoms with Crippen LogP contribution in [0.5, 0.6) is 0 Å². The Kier molecular flexibility index (Phi) is 6.39. The van der Waals surface area contributed by atoms with Crippen molar-refractivity contribution in [2.24, 2.45) is 0 Å². The summed E-state index contributed by atoms with van der Waals surface area (Å²) in [6.45, 7) is 5.74. The van der Waals surface area contributed by atoms with E-state index in [0.29, 0.717) is 16.8 Å². The van der Waals surface area contributed by atoms with Crippen molar-refractivity contribution in [2.75, 3.05) is 10.6 Å². The Morgan fingerprint density at radius 3 is 2.17 bits per heavy atom. The summed E-state index contributed by atoms with van der Waals surface area (Å²) in [6.07, 6.45) is 5.06. The Bertz CT molecular complexity index is 1020. The smallest absolute Gasteiger partial charge is 0.257 e. The molecule has 5 nitrogen and oxygen atoms in total. The highest BCUT2D eigenvalue weighted by atomic mass is 16.1. The van der Waals surface area contributed by atoms with Gasteiger partial charge in [-0.15, -0.1) is 0 Å². The van der Waals surface area contributed by atoms with Crippen molar-refractivity contribution in [3.8, 4) is 0 Å². The van der Waals surface area contributed by atoms with Crippen molar-refractivity contribution in [3.63, 3.8) is 0 Å². The first-order valence-electron chi connectivity index (χ1n) is 9.77. The highest BCUT2D eigenvalue weighted by Gasteiger charge is 2.11. The third kappa shape index (κ3) is 4.88. The van der Waals surface area contributed by atoms with E-state index < -0.39 is 0 Å². The van der Waals surface area contributed by atoms with Crippen LogP contribution >= 0.6 is 0 Å². The lowest BCUT2D eigenvalue weighted by atomic mass is 10.0. The summed E-state index contributed by atoms with van der Waals surface area (Å²) in [7, 11) is 0. The highest BCUT2D eigenvalue weighted by Crippen LogP contribution is 2.26. The Morgan fingerprint density at radius 1 is 0.862 bits per heavy atom. The van der Waals surface area contributed by atoms with E-state index in [4.69, 9.17) is 0 Å². The van der Waals surface area contributed by atoms with Crippen LogP contribution in [0.15, 0.2) is 60.9 Å². The lowest BCUT2D eigenvalue weighted by Gasteiger charge is -2.16. The van der Waals surface area contributed by atoms with Crippen molar-refractivity contribution in [3.05, 3.63) is 83.2 Å². The van der Waals surface area contributed by atoms with Gasteiger partial charge in [0, 0.05) is 23.1 Å². The molecule has 0 aliphatic carbocycles. The molecule has 0 unspecified atom stereocenters. The summed E-state index contributed by atoms with van der Waals surface area (Å²) in [5, 5.41) is 6.27. The summed E-state index contributed by atoms with van der Waals surface area (Å²) in [5.41, 5.74) is 5.85. The van der Waals surface area contributed by atoms with Crippen LogP contribution < -0.4 is 10.6 Å². The third-order valence-electron chi connectivity index (χ3n) is 4.80. The van der Waals surface area contributed by atoms with Crippen LogP contribution in [0.3, 0.4) is 0 Å². The Morgan fingerprint density at radius 2 is 1.52 bits per heavy atom. The fourth-order valence-electron chi connectivity index (χ4n) is 3.20. The number of hydrogen-bond donors (Lipinski definition) is 2. The molecule has 3 aromatic rings. The third-order valence-corrected chi connectivity index (χ3v) is 4.80. The summed E-state index contributed by atoms with van der Waals surface area (Å²) < 4.78 is 0. The second-order valence-corrected chi connectivity index (χ2v) is 6.84. The molecule has 0 fully saturated rings. The monoisotopic (exact) mass is 387 g/mol. The number of anilines is 3. The summed E-state index contributed by atoms with van der Waals surface area (Å²) >= 11 is 0. The predicted molar refractivity (Wildman–Crippen MR) is 117 cm³/mol. The number of pyridine rings is 1.